The van der Waals surface area contributed by atoms with E-state index in [-0.39, 0.29) is 5.78 Å². The van der Waals surface area contributed by atoms with Crippen molar-refractivity contribution in [3.05, 3.63) is 54.1 Å². The second-order valence-corrected chi connectivity index (χ2v) is 4.26. The molecule has 0 fully saturated rings. The van der Waals surface area contributed by atoms with Gasteiger partial charge in [-0.1, -0.05) is 76.6 Å². The molecule has 0 saturated carbocycles. The molecule has 0 atom stereocenters. The van der Waals surface area contributed by atoms with Crippen molar-refractivity contribution in [2.24, 2.45) is 0 Å². The molecule has 0 heterocycles. The third-order valence-corrected chi connectivity index (χ3v) is 2.28. The summed E-state index contributed by atoms with van der Waals surface area (Å²) in [6.45, 7) is 9.80. The summed E-state index contributed by atoms with van der Waals surface area (Å²) < 4.78 is 0. The van der Waals surface area contributed by atoms with Crippen LogP contribution in [-0.2, 0) is 4.79 Å². The molecule has 1 heteroatoms. The largest absolute Gasteiger partial charge is 0.295 e. The zero-order chi connectivity index (χ0) is 15.4. The molecule has 2 aromatic rings. The minimum Gasteiger partial charge on any atom is -0.295 e. The van der Waals surface area contributed by atoms with Crippen LogP contribution < -0.4 is 0 Å². The Morgan fingerprint density at radius 1 is 1.00 bits per heavy atom. The summed E-state index contributed by atoms with van der Waals surface area (Å²) in [7, 11) is 0. The minimum absolute atomic E-state index is 0.0724. The summed E-state index contributed by atoms with van der Waals surface area (Å²) >= 11 is 0. The molecular formula is C19H26O. The summed E-state index contributed by atoms with van der Waals surface area (Å²) in [6, 6.07) is 14.3. The number of carbonyl (C=O) groups excluding carboxylic acids is 1. The fourth-order valence-electron chi connectivity index (χ4n) is 1.53. The highest BCUT2D eigenvalue weighted by Gasteiger charge is 1.92. The summed E-state index contributed by atoms with van der Waals surface area (Å²) in [6.07, 6.45) is 4.68. The Morgan fingerprint density at radius 2 is 1.55 bits per heavy atom. The van der Waals surface area contributed by atoms with Crippen molar-refractivity contribution < 1.29 is 4.79 Å². The Balaban J connectivity index is 0.000000641. The molecule has 0 saturated heterocycles. The first-order valence-electron chi connectivity index (χ1n) is 7.34. The van der Waals surface area contributed by atoms with Gasteiger partial charge in [0.1, 0.15) is 0 Å². The van der Waals surface area contributed by atoms with Crippen molar-refractivity contribution in [1.82, 2.24) is 0 Å². The average molecular weight is 270 g/mol. The van der Waals surface area contributed by atoms with E-state index in [0.29, 0.717) is 0 Å². The average Bonchev–Trinajstić information content (AvgIpc) is 2.48. The van der Waals surface area contributed by atoms with Crippen LogP contribution in [0.25, 0.3) is 16.8 Å². The molecule has 20 heavy (non-hydrogen) atoms. The summed E-state index contributed by atoms with van der Waals surface area (Å²) in [4.78, 5) is 10.8. The van der Waals surface area contributed by atoms with Crippen molar-refractivity contribution in [1.29, 1.82) is 0 Å². The maximum absolute atomic E-state index is 10.8. The summed E-state index contributed by atoms with van der Waals surface area (Å²) in [5.74, 6) is 0.0724. The molecule has 0 spiro atoms. The molecule has 1 nitrogen and oxygen atoms in total. The Hall–Kier alpha value is -1.89. The quantitative estimate of drug-likeness (QED) is 0.622. The van der Waals surface area contributed by atoms with Crippen molar-refractivity contribution in [3.63, 3.8) is 0 Å². The lowest BCUT2D eigenvalue weighted by Gasteiger charge is -1.98. The third kappa shape index (κ3) is 6.89. The zero-order valence-electron chi connectivity index (χ0n) is 13.3. The Bertz CT molecular complexity index is 538. The first kappa shape index (κ1) is 18.1. The van der Waals surface area contributed by atoms with Gasteiger partial charge < -0.3 is 0 Å². The molecule has 2 aromatic carbocycles. The van der Waals surface area contributed by atoms with E-state index < -0.39 is 0 Å². The Labute approximate surface area is 123 Å². The van der Waals surface area contributed by atoms with Gasteiger partial charge in [0.25, 0.3) is 0 Å². The van der Waals surface area contributed by atoms with Gasteiger partial charge in [0.2, 0.25) is 0 Å². The van der Waals surface area contributed by atoms with E-state index in [9.17, 15) is 4.79 Å². The summed E-state index contributed by atoms with van der Waals surface area (Å²) in [5, 5.41) is 2.42. The number of fused-ring (bicyclic) bond motifs is 1. The predicted octanol–water partition coefficient (Wildman–Crippen LogP) is 5.88. The van der Waals surface area contributed by atoms with Gasteiger partial charge in [-0.05, 0) is 35.4 Å². The van der Waals surface area contributed by atoms with Gasteiger partial charge >= 0.3 is 0 Å². The van der Waals surface area contributed by atoms with E-state index in [1.165, 1.54) is 17.2 Å². The monoisotopic (exact) mass is 270 g/mol. The molecule has 0 aromatic heterocycles. The van der Waals surface area contributed by atoms with Crippen LogP contribution in [0.4, 0.5) is 0 Å². The molecule has 0 amide bonds. The molecule has 0 radical (unpaired) electrons. The van der Waals surface area contributed by atoms with E-state index in [0.717, 1.165) is 5.56 Å². The lowest BCUT2D eigenvalue weighted by Crippen LogP contribution is -1.80. The lowest BCUT2D eigenvalue weighted by molar-refractivity contribution is -0.112. The van der Waals surface area contributed by atoms with Crippen LogP contribution in [0.15, 0.2) is 48.5 Å². The number of hydrogen-bond donors (Lipinski definition) is 0. The molecule has 0 N–H and O–H groups in total. The van der Waals surface area contributed by atoms with Crippen LogP contribution in [0.3, 0.4) is 0 Å². The highest BCUT2D eigenvalue weighted by molar-refractivity contribution is 5.92. The van der Waals surface area contributed by atoms with E-state index in [4.69, 9.17) is 0 Å². The fraction of sp³-hybridized carbons (Fsp3) is 0.316. The topological polar surface area (TPSA) is 17.1 Å². The highest BCUT2D eigenvalue weighted by atomic mass is 16.1. The van der Waals surface area contributed by atoms with Crippen LogP contribution in [0.5, 0.6) is 0 Å². The number of allylic oxidation sites excluding steroid dienone is 1. The Morgan fingerprint density at radius 3 is 2.10 bits per heavy atom. The third-order valence-electron chi connectivity index (χ3n) is 2.28. The molecule has 0 unspecified atom stereocenters. The number of benzene rings is 2. The van der Waals surface area contributed by atoms with Crippen LogP contribution >= 0.6 is 0 Å². The molecule has 0 aliphatic heterocycles. The van der Waals surface area contributed by atoms with Crippen molar-refractivity contribution >= 4 is 22.6 Å². The summed E-state index contributed by atoms with van der Waals surface area (Å²) in [5.41, 5.74) is 1.06. The minimum atomic E-state index is 0.0724. The first-order valence-corrected chi connectivity index (χ1v) is 7.34. The molecule has 0 bridgehead atoms. The van der Waals surface area contributed by atoms with Crippen molar-refractivity contribution in [3.8, 4) is 0 Å². The SMILES string of the molecule is CC.CC(=O)/C=C/c1ccc2ccccc2c1.CCC. The van der Waals surface area contributed by atoms with E-state index >= 15 is 0 Å². The number of ketones is 1. The maximum Gasteiger partial charge on any atom is 0.152 e. The zero-order valence-corrected chi connectivity index (χ0v) is 13.3. The first-order chi connectivity index (χ1) is 9.67. The van der Waals surface area contributed by atoms with Gasteiger partial charge in [0.15, 0.2) is 5.78 Å². The van der Waals surface area contributed by atoms with Crippen molar-refractivity contribution in [2.45, 2.75) is 41.0 Å². The maximum atomic E-state index is 10.8. The fourth-order valence-corrected chi connectivity index (χ4v) is 1.53. The van der Waals surface area contributed by atoms with E-state index in [1.54, 1.807) is 13.0 Å². The van der Waals surface area contributed by atoms with Crippen LogP contribution in [0.2, 0.25) is 0 Å². The molecule has 108 valence electrons. The van der Waals surface area contributed by atoms with Crippen LogP contribution in [-0.4, -0.2) is 5.78 Å². The van der Waals surface area contributed by atoms with Crippen LogP contribution in [0, 0.1) is 0 Å². The second kappa shape index (κ2) is 11.0. The smallest absolute Gasteiger partial charge is 0.152 e. The van der Waals surface area contributed by atoms with Gasteiger partial charge in [0.05, 0.1) is 0 Å². The van der Waals surface area contributed by atoms with E-state index in [2.05, 4.69) is 38.1 Å². The van der Waals surface area contributed by atoms with Crippen molar-refractivity contribution in [2.75, 3.05) is 0 Å². The van der Waals surface area contributed by atoms with Gasteiger partial charge in [-0.3, -0.25) is 4.79 Å². The number of rotatable bonds is 2. The van der Waals surface area contributed by atoms with Crippen LogP contribution in [0.1, 0.15) is 46.6 Å². The molecule has 2 rings (SSSR count). The molecule has 0 aliphatic carbocycles. The van der Waals surface area contributed by atoms with Gasteiger partial charge in [-0.15, -0.1) is 0 Å². The predicted molar refractivity (Wildman–Crippen MR) is 91.0 cm³/mol. The normalized spacial score (nSPS) is 9.45. The van der Waals surface area contributed by atoms with Gasteiger partial charge in [-0.2, -0.15) is 0 Å². The second-order valence-electron chi connectivity index (χ2n) is 4.26. The number of hydrogen-bond acceptors (Lipinski definition) is 1. The molecular weight excluding hydrogens is 244 g/mol. The Kier molecular flexibility index (Phi) is 9.94. The lowest BCUT2D eigenvalue weighted by atomic mass is 10.1. The van der Waals surface area contributed by atoms with Gasteiger partial charge in [0, 0.05) is 0 Å². The standard InChI is InChI=1S/C14H12O.C3H8.C2H6/c1-11(15)6-7-12-8-9-13-4-2-3-5-14(13)10-12;1-3-2;1-2/h2-10H,1H3;3H2,1-2H3;1-2H3/b7-6+;;. The number of carbonyl (C=O) groups is 1. The van der Waals surface area contributed by atoms with Gasteiger partial charge in [-0.25, -0.2) is 0 Å². The molecule has 0 aliphatic rings. The van der Waals surface area contributed by atoms with E-state index in [1.807, 2.05) is 38.1 Å². The highest BCUT2D eigenvalue weighted by Crippen LogP contribution is 2.16.